The second kappa shape index (κ2) is 11.7. The molecule has 0 aliphatic heterocycles. The van der Waals surface area contributed by atoms with Crippen LogP contribution in [0.25, 0.3) is 0 Å². The maximum absolute atomic E-state index is 13.3. The summed E-state index contributed by atoms with van der Waals surface area (Å²) in [5.74, 6) is -0.936. The molecule has 0 N–H and O–H groups in total. The number of rotatable bonds is 10. The van der Waals surface area contributed by atoms with Gasteiger partial charge < -0.3 is 19.0 Å². The van der Waals surface area contributed by atoms with Gasteiger partial charge in [0.2, 0.25) is 5.91 Å². The molecule has 6 nitrogen and oxygen atoms in total. The molecule has 3 rings (SSSR count). The van der Waals surface area contributed by atoms with Gasteiger partial charge in [-0.1, -0.05) is 12.1 Å². The van der Waals surface area contributed by atoms with Crippen molar-refractivity contribution in [2.45, 2.75) is 19.3 Å². The first kappa shape index (κ1) is 26.0. The zero-order valence-corrected chi connectivity index (χ0v) is 18.9. The highest BCUT2D eigenvalue weighted by Gasteiger charge is 2.31. The molecule has 35 heavy (non-hydrogen) atoms. The lowest BCUT2D eigenvalue weighted by atomic mass is 10.1. The Bertz CT molecular complexity index is 1100. The Labute approximate surface area is 199 Å². The van der Waals surface area contributed by atoms with Crippen molar-refractivity contribution < 1.29 is 36.3 Å². The molecule has 0 saturated heterocycles. The van der Waals surface area contributed by atoms with Gasteiger partial charge in [-0.25, -0.2) is 4.39 Å². The van der Waals surface area contributed by atoms with Crippen molar-refractivity contribution >= 4 is 11.8 Å². The van der Waals surface area contributed by atoms with Gasteiger partial charge in [-0.2, -0.15) is 13.2 Å². The summed E-state index contributed by atoms with van der Waals surface area (Å²) in [6, 6.07) is 12.8. The fourth-order valence-corrected chi connectivity index (χ4v) is 3.33. The summed E-state index contributed by atoms with van der Waals surface area (Å²) >= 11 is 0. The van der Waals surface area contributed by atoms with Gasteiger partial charge in [0.1, 0.15) is 18.1 Å². The number of furan rings is 1. The van der Waals surface area contributed by atoms with Crippen LogP contribution in [0.4, 0.5) is 17.6 Å². The lowest BCUT2D eigenvalue weighted by molar-refractivity contribution is -0.137. The van der Waals surface area contributed by atoms with Gasteiger partial charge in [-0.15, -0.1) is 0 Å². The average Bonchev–Trinajstić information content (AvgIpc) is 3.35. The van der Waals surface area contributed by atoms with Gasteiger partial charge in [0, 0.05) is 25.8 Å². The third-order valence-electron chi connectivity index (χ3n) is 5.20. The first-order valence-electron chi connectivity index (χ1n) is 10.7. The summed E-state index contributed by atoms with van der Waals surface area (Å²) in [4.78, 5) is 29.0. The van der Waals surface area contributed by atoms with E-state index in [1.807, 2.05) is 0 Å². The van der Waals surface area contributed by atoms with Crippen LogP contribution in [0.15, 0.2) is 71.3 Å². The summed E-state index contributed by atoms with van der Waals surface area (Å²) < 4.78 is 62.3. The molecule has 1 aromatic heterocycles. The Morgan fingerprint density at radius 3 is 2.20 bits per heavy atom. The molecule has 0 unspecified atom stereocenters. The molecule has 1 heterocycles. The van der Waals surface area contributed by atoms with Crippen molar-refractivity contribution in [3.8, 4) is 0 Å². The van der Waals surface area contributed by atoms with Crippen molar-refractivity contribution in [1.29, 1.82) is 0 Å². The standard InChI is InChI=1S/C25H24F4N2O4/c1-34-14-12-30(24(33)19-6-8-20(9-7-19)25(27,28)29)17-23(32)31(16-22-3-2-13-35-22)15-18-4-10-21(26)11-5-18/h2-11,13H,12,14-17H2,1H3. The summed E-state index contributed by atoms with van der Waals surface area (Å²) in [7, 11) is 1.43. The number of benzene rings is 2. The van der Waals surface area contributed by atoms with Crippen molar-refractivity contribution in [2.24, 2.45) is 0 Å². The fraction of sp³-hybridized carbons (Fsp3) is 0.280. The van der Waals surface area contributed by atoms with Gasteiger partial charge in [-0.3, -0.25) is 9.59 Å². The zero-order chi connectivity index (χ0) is 25.4. The Kier molecular flexibility index (Phi) is 8.64. The largest absolute Gasteiger partial charge is 0.467 e. The van der Waals surface area contributed by atoms with Crippen molar-refractivity contribution in [2.75, 3.05) is 26.8 Å². The first-order chi connectivity index (χ1) is 16.7. The predicted octanol–water partition coefficient (Wildman–Crippen LogP) is 4.76. The molecule has 10 heteroatoms. The third kappa shape index (κ3) is 7.41. The number of ether oxygens (including phenoxy) is 1. The molecular weight excluding hydrogens is 468 g/mol. The molecular formula is C25H24F4N2O4. The van der Waals surface area contributed by atoms with E-state index in [1.165, 1.54) is 35.3 Å². The zero-order valence-electron chi connectivity index (χ0n) is 18.9. The van der Waals surface area contributed by atoms with E-state index in [0.717, 1.165) is 24.3 Å². The number of carbonyl (C=O) groups is 2. The minimum Gasteiger partial charge on any atom is -0.467 e. The molecule has 0 saturated carbocycles. The van der Waals surface area contributed by atoms with Crippen LogP contribution < -0.4 is 0 Å². The summed E-state index contributed by atoms with van der Waals surface area (Å²) in [6.45, 7) is 0.0658. The van der Waals surface area contributed by atoms with Crippen LogP contribution in [0.2, 0.25) is 0 Å². The molecule has 2 aromatic carbocycles. The second-order valence-corrected chi connectivity index (χ2v) is 7.75. The molecule has 0 aliphatic carbocycles. The van der Waals surface area contributed by atoms with E-state index in [1.54, 1.807) is 24.3 Å². The number of halogens is 4. The third-order valence-corrected chi connectivity index (χ3v) is 5.20. The molecule has 0 fully saturated rings. The lowest BCUT2D eigenvalue weighted by Crippen LogP contribution is -2.43. The Morgan fingerprint density at radius 2 is 1.63 bits per heavy atom. The Balaban J connectivity index is 1.79. The number of alkyl halides is 3. The number of amides is 2. The van der Waals surface area contributed by atoms with E-state index in [-0.39, 0.29) is 38.3 Å². The van der Waals surface area contributed by atoms with Crippen LogP contribution >= 0.6 is 0 Å². The van der Waals surface area contributed by atoms with Crippen molar-refractivity contribution in [3.05, 3.63) is 95.2 Å². The Hall–Kier alpha value is -3.66. The maximum atomic E-state index is 13.3. The topological polar surface area (TPSA) is 63.0 Å². The van der Waals surface area contributed by atoms with Crippen molar-refractivity contribution in [1.82, 2.24) is 9.80 Å². The van der Waals surface area contributed by atoms with E-state index in [2.05, 4.69) is 0 Å². The second-order valence-electron chi connectivity index (χ2n) is 7.75. The summed E-state index contributed by atoms with van der Waals surface area (Å²) in [6.07, 6.45) is -3.06. The minimum atomic E-state index is -4.53. The minimum absolute atomic E-state index is 0.0121. The van der Waals surface area contributed by atoms with E-state index in [4.69, 9.17) is 9.15 Å². The molecule has 0 spiro atoms. The molecule has 0 radical (unpaired) electrons. The highest BCUT2D eigenvalue weighted by Crippen LogP contribution is 2.29. The lowest BCUT2D eigenvalue weighted by Gasteiger charge is -2.27. The summed E-state index contributed by atoms with van der Waals surface area (Å²) in [5, 5.41) is 0. The average molecular weight is 492 g/mol. The van der Waals surface area contributed by atoms with Gasteiger partial charge in [0.05, 0.1) is 25.0 Å². The SMILES string of the molecule is COCCN(CC(=O)N(Cc1ccc(F)cc1)Cc1ccco1)C(=O)c1ccc(C(F)(F)F)cc1. The molecule has 0 atom stereocenters. The van der Waals surface area contributed by atoms with Gasteiger partial charge in [0.15, 0.2) is 0 Å². The van der Waals surface area contributed by atoms with Crippen LogP contribution in [-0.4, -0.2) is 48.4 Å². The highest BCUT2D eigenvalue weighted by molar-refractivity contribution is 5.96. The molecule has 2 amide bonds. The van der Waals surface area contributed by atoms with E-state index < -0.39 is 29.4 Å². The van der Waals surface area contributed by atoms with Gasteiger partial charge >= 0.3 is 6.18 Å². The maximum Gasteiger partial charge on any atom is 0.416 e. The van der Waals surface area contributed by atoms with Gasteiger partial charge in [0.25, 0.3) is 5.91 Å². The highest BCUT2D eigenvalue weighted by atomic mass is 19.4. The molecule has 0 bridgehead atoms. The monoisotopic (exact) mass is 492 g/mol. The van der Waals surface area contributed by atoms with E-state index >= 15 is 0 Å². The summed E-state index contributed by atoms with van der Waals surface area (Å²) in [5.41, 5.74) is -0.195. The number of carbonyl (C=O) groups excluding carboxylic acids is 2. The van der Waals surface area contributed by atoms with Crippen LogP contribution in [0.3, 0.4) is 0 Å². The van der Waals surface area contributed by atoms with Gasteiger partial charge in [-0.05, 0) is 54.1 Å². The van der Waals surface area contributed by atoms with E-state index in [9.17, 15) is 27.2 Å². The predicted molar refractivity (Wildman–Crippen MR) is 119 cm³/mol. The quantitative estimate of drug-likeness (QED) is 0.383. The number of methoxy groups -OCH3 is 1. The molecule has 0 aliphatic rings. The van der Waals surface area contributed by atoms with Crippen molar-refractivity contribution in [3.63, 3.8) is 0 Å². The first-order valence-corrected chi connectivity index (χ1v) is 10.7. The Morgan fingerprint density at radius 1 is 0.943 bits per heavy atom. The van der Waals surface area contributed by atoms with Crippen LogP contribution in [0.1, 0.15) is 27.2 Å². The molecule has 186 valence electrons. The smallest absolute Gasteiger partial charge is 0.416 e. The normalized spacial score (nSPS) is 11.3. The fourth-order valence-electron chi connectivity index (χ4n) is 3.33. The van der Waals surface area contributed by atoms with Crippen LogP contribution in [0.5, 0.6) is 0 Å². The number of hydrogen-bond donors (Lipinski definition) is 0. The van der Waals surface area contributed by atoms with Crippen LogP contribution in [-0.2, 0) is 28.8 Å². The number of hydrogen-bond acceptors (Lipinski definition) is 4. The molecule has 3 aromatic rings. The number of nitrogens with zero attached hydrogens (tertiary/aromatic N) is 2. The van der Waals surface area contributed by atoms with Crippen LogP contribution in [0, 0.1) is 5.82 Å². The van der Waals surface area contributed by atoms with E-state index in [0.29, 0.717) is 11.3 Å².